The van der Waals surface area contributed by atoms with E-state index in [1.54, 1.807) is 0 Å². The van der Waals surface area contributed by atoms with Gasteiger partial charge in [-0.3, -0.25) is 4.90 Å². The highest BCUT2D eigenvalue weighted by atomic mass is 32.2. The molecule has 116 valence electrons. The van der Waals surface area contributed by atoms with Crippen molar-refractivity contribution in [1.82, 2.24) is 9.62 Å². The molecule has 0 bridgehead atoms. The maximum atomic E-state index is 11.3. The summed E-state index contributed by atoms with van der Waals surface area (Å²) in [7, 11) is -3.15. The van der Waals surface area contributed by atoms with Gasteiger partial charge in [0.2, 0.25) is 10.0 Å². The van der Waals surface area contributed by atoms with Gasteiger partial charge in [0, 0.05) is 24.2 Å². The molecule has 0 heterocycles. The second kappa shape index (κ2) is 7.60. The first-order valence-electron chi connectivity index (χ1n) is 7.23. The summed E-state index contributed by atoms with van der Waals surface area (Å²) < 4.78 is 25.4. The van der Waals surface area contributed by atoms with Gasteiger partial charge < -0.3 is 0 Å². The zero-order valence-electron chi connectivity index (χ0n) is 13.7. The standard InChI is InChI=1S/C14H32N2O2S/c1-8-9-13(4)16(12(2)3)11-10-14(5,6)15-19(7,17)18/h12-13,15H,8-11H2,1-7H3. The maximum absolute atomic E-state index is 11.3. The van der Waals surface area contributed by atoms with Gasteiger partial charge in [-0.25, -0.2) is 13.1 Å². The normalized spacial score (nSPS) is 15.2. The van der Waals surface area contributed by atoms with Crippen LogP contribution in [0.25, 0.3) is 0 Å². The summed E-state index contributed by atoms with van der Waals surface area (Å²) in [6.45, 7) is 13.6. The Morgan fingerprint density at radius 3 is 2.11 bits per heavy atom. The average Bonchev–Trinajstić information content (AvgIpc) is 2.13. The molecular formula is C14H32N2O2S. The Kier molecular flexibility index (Phi) is 7.55. The highest BCUT2D eigenvalue weighted by Gasteiger charge is 2.25. The molecule has 4 nitrogen and oxygen atoms in total. The Hall–Kier alpha value is -0.130. The third-order valence-corrected chi connectivity index (χ3v) is 4.32. The van der Waals surface area contributed by atoms with Gasteiger partial charge in [0.15, 0.2) is 0 Å². The van der Waals surface area contributed by atoms with E-state index in [-0.39, 0.29) is 0 Å². The molecule has 5 heteroatoms. The van der Waals surface area contributed by atoms with Crippen LogP contribution in [0.4, 0.5) is 0 Å². The quantitative estimate of drug-likeness (QED) is 0.710. The van der Waals surface area contributed by atoms with E-state index in [4.69, 9.17) is 0 Å². The lowest BCUT2D eigenvalue weighted by molar-refractivity contribution is 0.142. The molecule has 0 fully saturated rings. The van der Waals surface area contributed by atoms with E-state index in [1.165, 1.54) is 19.1 Å². The summed E-state index contributed by atoms with van der Waals surface area (Å²) in [6, 6.07) is 1.02. The Morgan fingerprint density at radius 1 is 1.21 bits per heavy atom. The molecule has 0 amide bonds. The molecule has 0 saturated heterocycles. The van der Waals surface area contributed by atoms with Crippen molar-refractivity contribution in [2.75, 3.05) is 12.8 Å². The van der Waals surface area contributed by atoms with Crippen molar-refractivity contribution >= 4 is 10.0 Å². The van der Waals surface area contributed by atoms with E-state index in [0.717, 1.165) is 13.0 Å². The van der Waals surface area contributed by atoms with Crippen LogP contribution in [0, 0.1) is 0 Å². The van der Waals surface area contributed by atoms with Gasteiger partial charge in [0.05, 0.1) is 6.26 Å². The van der Waals surface area contributed by atoms with Crippen molar-refractivity contribution in [2.45, 2.75) is 78.4 Å². The smallest absolute Gasteiger partial charge is 0.209 e. The molecule has 0 aromatic rings. The van der Waals surface area contributed by atoms with Gasteiger partial charge in [0.1, 0.15) is 0 Å². The number of nitrogens with zero attached hydrogens (tertiary/aromatic N) is 1. The van der Waals surface area contributed by atoms with Gasteiger partial charge in [-0.2, -0.15) is 0 Å². The molecule has 0 rings (SSSR count). The summed E-state index contributed by atoms with van der Waals surface area (Å²) >= 11 is 0. The van der Waals surface area contributed by atoms with Crippen molar-refractivity contribution in [3.05, 3.63) is 0 Å². The van der Waals surface area contributed by atoms with E-state index in [2.05, 4.69) is 37.3 Å². The third-order valence-electron chi connectivity index (χ3n) is 3.39. The van der Waals surface area contributed by atoms with E-state index in [9.17, 15) is 8.42 Å². The largest absolute Gasteiger partial charge is 0.298 e. The van der Waals surface area contributed by atoms with Crippen LogP contribution in [0.15, 0.2) is 0 Å². The predicted molar refractivity (Wildman–Crippen MR) is 82.9 cm³/mol. The van der Waals surface area contributed by atoms with Gasteiger partial charge in [-0.05, 0) is 47.5 Å². The van der Waals surface area contributed by atoms with Crippen molar-refractivity contribution in [3.8, 4) is 0 Å². The molecule has 0 spiro atoms. The molecule has 0 aliphatic rings. The number of hydrogen-bond acceptors (Lipinski definition) is 3. The molecule has 0 aromatic carbocycles. The second-order valence-electron chi connectivity index (χ2n) is 6.48. The first-order valence-corrected chi connectivity index (χ1v) is 9.12. The van der Waals surface area contributed by atoms with Crippen LogP contribution in [-0.2, 0) is 10.0 Å². The molecule has 0 aromatic heterocycles. The maximum Gasteiger partial charge on any atom is 0.209 e. The van der Waals surface area contributed by atoms with E-state index in [0.29, 0.717) is 12.1 Å². The Labute approximate surface area is 120 Å². The zero-order valence-corrected chi connectivity index (χ0v) is 14.5. The first kappa shape index (κ1) is 18.9. The van der Waals surface area contributed by atoms with Gasteiger partial charge >= 0.3 is 0 Å². The summed E-state index contributed by atoms with van der Waals surface area (Å²) in [4.78, 5) is 2.45. The topological polar surface area (TPSA) is 49.4 Å². The summed E-state index contributed by atoms with van der Waals surface area (Å²) in [6.07, 6.45) is 4.38. The Bertz CT molecular complexity index is 350. The Morgan fingerprint density at radius 2 is 1.74 bits per heavy atom. The fourth-order valence-electron chi connectivity index (χ4n) is 2.53. The fourth-order valence-corrected chi connectivity index (χ4v) is 3.64. The summed E-state index contributed by atoms with van der Waals surface area (Å²) in [5.41, 5.74) is -0.396. The zero-order chi connectivity index (χ0) is 15.3. The van der Waals surface area contributed by atoms with Crippen molar-refractivity contribution in [2.24, 2.45) is 0 Å². The minimum Gasteiger partial charge on any atom is -0.298 e. The number of nitrogens with one attached hydrogen (secondary N) is 1. The van der Waals surface area contributed by atoms with Gasteiger partial charge in [-0.15, -0.1) is 0 Å². The minimum absolute atomic E-state index is 0.396. The lowest BCUT2D eigenvalue weighted by Gasteiger charge is -2.36. The van der Waals surface area contributed by atoms with Gasteiger partial charge in [-0.1, -0.05) is 13.3 Å². The van der Waals surface area contributed by atoms with Crippen molar-refractivity contribution < 1.29 is 8.42 Å². The van der Waals surface area contributed by atoms with Crippen LogP contribution in [0.1, 0.15) is 60.8 Å². The molecule has 0 aliphatic carbocycles. The van der Waals surface area contributed by atoms with Crippen LogP contribution in [0.2, 0.25) is 0 Å². The average molecular weight is 292 g/mol. The van der Waals surface area contributed by atoms with E-state index in [1.807, 2.05) is 13.8 Å². The van der Waals surface area contributed by atoms with Crippen LogP contribution in [0.5, 0.6) is 0 Å². The Balaban J connectivity index is 4.55. The predicted octanol–water partition coefficient (Wildman–Crippen LogP) is 2.60. The van der Waals surface area contributed by atoms with Crippen molar-refractivity contribution in [1.29, 1.82) is 0 Å². The van der Waals surface area contributed by atoms with Crippen LogP contribution in [-0.4, -0.2) is 43.7 Å². The third kappa shape index (κ3) is 8.60. The molecule has 0 saturated carbocycles. The van der Waals surface area contributed by atoms with Crippen LogP contribution in [0.3, 0.4) is 0 Å². The van der Waals surface area contributed by atoms with E-state index >= 15 is 0 Å². The van der Waals surface area contributed by atoms with E-state index < -0.39 is 15.6 Å². The molecule has 1 unspecified atom stereocenters. The number of rotatable bonds is 9. The molecule has 1 N–H and O–H groups in total. The number of hydrogen-bond donors (Lipinski definition) is 1. The number of sulfonamides is 1. The molecule has 0 radical (unpaired) electrons. The minimum atomic E-state index is -3.15. The first-order chi connectivity index (χ1) is 8.48. The summed E-state index contributed by atoms with van der Waals surface area (Å²) in [5, 5.41) is 0. The second-order valence-corrected chi connectivity index (χ2v) is 8.23. The van der Waals surface area contributed by atoms with Crippen LogP contribution < -0.4 is 4.72 Å². The lowest BCUT2D eigenvalue weighted by Crippen LogP contribution is -2.47. The highest BCUT2D eigenvalue weighted by molar-refractivity contribution is 7.88. The monoisotopic (exact) mass is 292 g/mol. The van der Waals surface area contributed by atoms with Gasteiger partial charge in [0.25, 0.3) is 0 Å². The molecule has 1 atom stereocenters. The molecule has 19 heavy (non-hydrogen) atoms. The summed E-state index contributed by atoms with van der Waals surface area (Å²) in [5.74, 6) is 0. The highest BCUT2D eigenvalue weighted by Crippen LogP contribution is 2.16. The van der Waals surface area contributed by atoms with Crippen molar-refractivity contribution in [3.63, 3.8) is 0 Å². The molecule has 0 aliphatic heterocycles. The SMILES string of the molecule is CCCC(C)N(CCC(C)(C)NS(C)(=O)=O)C(C)C. The molecular weight excluding hydrogens is 260 g/mol. The lowest BCUT2D eigenvalue weighted by atomic mass is 10.0. The van der Waals surface area contributed by atoms with Crippen LogP contribution >= 0.6 is 0 Å². The fraction of sp³-hybridized carbons (Fsp3) is 1.00.